The fourth-order valence-electron chi connectivity index (χ4n) is 2.48. The van der Waals surface area contributed by atoms with Crippen LogP contribution in [0.25, 0.3) is 0 Å². The van der Waals surface area contributed by atoms with Crippen LogP contribution in [-0.2, 0) is 17.7 Å². The molecule has 0 radical (unpaired) electrons. The van der Waals surface area contributed by atoms with Gasteiger partial charge in [0.15, 0.2) is 0 Å². The van der Waals surface area contributed by atoms with Crippen molar-refractivity contribution >= 4 is 0 Å². The first-order valence-electron chi connectivity index (χ1n) is 6.55. The van der Waals surface area contributed by atoms with Gasteiger partial charge >= 0.3 is 0 Å². The highest BCUT2D eigenvalue weighted by Gasteiger charge is 2.35. The molecule has 0 amide bonds. The zero-order valence-corrected chi connectivity index (χ0v) is 10.9. The zero-order valence-electron chi connectivity index (χ0n) is 10.9. The first-order chi connectivity index (χ1) is 8.15. The molecular formula is C13H23N3O. The van der Waals surface area contributed by atoms with E-state index in [0.717, 1.165) is 38.2 Å². The molecule has 1 aromatic rings. The summed E-state index contributed by atoms with van der Waals surface area (Å²) < 4.78 is 8.03. The van der Waals surface area contributed by atoms with E-state index in [9.17, 15) is 0 Å². The van der Waals surface area contributed by atoms with E-state index in [1.807, 2.05) is 12.4 Å². The van der Waals surface area contributed by atoms with E-state index < -0.39 is 0 Å². The molecule has 0 bridgehead atoms. The Balaban J connectivity index is 2.02. The second kappa shape index (κ2) is 5.19. The van der Waals surface area contributed by atoms with Gasteiger partial charge in [-0.1, -0.05) is 0 Å². The van der Waals surface area contributed by atoms with Gasteiger partial charge in [0.25, 0.3) is 0 Å². The van der Waals surface area contributed by atoms with Gasteiger partial charge in [0.2, 0.25) is 0 Å². The minimum absolute atomic E-state index is 0.0236. The molecule has 4 heteroatoms. The van der Waals surface area contributed by atoms with Crippen molar-refractivity contribution < 1.29 is 4.74 Å². The van der Waals surface area contributed by atoms with Crippen LogP contribution < -0.4 is 5.73 Å². The molecule has 0 spiro atoms. The Morgan fingerprint density at radius 2 is 2.41 bits per heavy atom. The molecule has 96 valence electrons. The van der Waals surface area contributed by atoms with Gasteiger partial charge < -0.3 is 15.0 Å². The van der Waals surface area contributed by atoms with E-state index in [2.05, 4.69) is 23.4 Å². The summed E-state index contributed by atoms with van der Waals surface area (Å²) >= 11 is 0. The normalized spacial score (nSPS) is 27.0. The first-order valence-corrected chi connectivity index (χ1v) is 6.55. The Kier molecular flexibility index (Phi) is 3.84. The maximum absolute atomic E-state index is 6.32. The minimum atomic E-state index is -0.178. The fourth-order valence-corrected chi connectivity index (χ4v) is 2.48. The van der Waals surface area contributed by atoms with Gasteiger partial charge in [-0.3, -0.25) is 0 Å². The molecule has 1 fully saturated rings. The summed E-state index contributed by atoms with van der Waals surface area (Å²) in [5, 5.41) is 0. The Morgan fingerprint density at radius 1 is 1.59 bits per heavy atom. The molecule has 0 aromatic carbocycles. The number of imidazole rings is 1. The Labute approximate surface area is 103 Å². The summed E-state index contributed by atoms with van der Waals surface area (Å²) in [4.78, 5) is 4.38. The lowest BCUT2D eigenvalue weighted by Gasteiger charge is -2.38. The number of rotatable bonds is 4. The number of nitrogens with two attached hydrogens (primary N) is 1. The third-order valence-electron chi connectivity index (χ3n) is 3.83. The van der Waals surface area contributed by atoms with Gasteiger partial charge in [-0.25, -0.2) is 4.98 Å². The quantitative estimate of drug-likeness (QED) is 0.867. The third-order valence-corrected chi connectivity index (χ3v) is 3.83. The molecule has 0 aliphatic carbocycles. The van der Waals surface area contributed by atoms with Crippen molar-refractivity contribution in [2.45, 2.75) is 57.7 Å². The SMILES string of the molecule is CCn1ccnc1CC(N)C1(C)CCCCO1. The lowest BCUT2D eigenvalue weighted by atomic mass is 9.87. The highest BCUT2D eigenvalue weighted by atomic mass is 16.5. The van der Waals surface area contributed by atoms with Crippen molar-refractivity contribution in [2.75, 3.05) is 6.61 Å². The minimum Gasteiger partial charge on any atom is -0.374 e. The van der Waals surface area contributed by atoms with Gasteiger partial charge in [0.05, 0.1) is 5.60 Å². The van der Waals surface area contributed by atoms with E-state index in [1.165, 1.54) is 6.42 Å². The Bertz CT molecular complexity index is 355. The summed E-state index contributed by atoms with van der Waals surface area (Å²) in [5.41, 5.74) is 6.14. The number of ether oxygens (including phenoxy) is 1. The van der Waals surface area contributed by atoms with Crippen molar-refractivity contribution in [1.82, 2.24) is 9.55 Å². The summed E-state index contributed by atoms with van der Waals surface area (Å²) in [5.74, 6) is 1.07. The van der Waals surface area contributed by atoms with Crippen molar-refractivity contribution in [3.05, 3.63) is 18.2 Å². The standard InChI is InChI=1S/C13H23N3O/c1-3-16-8-7-15-12(16)10-11(14)13(2)6-4-5-9-17-13/h7-8,11H,3-6,9-10,14H2,1-2H3. The van der Waals surface area contributed by atoms with E-state index in [0.29, 0.717) is 0 Å². The fraction of sp³-hybridized carbons (Fsp3) is 0.769. The van der Waals surface area contributed by atoms with Gasteiger partial charge in [-0.15, -0.1) is 0 Å². The summed E-state index contributed by atoms with van der Waals surface area (Å²) in [6, 6.07) is 0.0236. The molecular weight excluding hydrogens is 214 g/mol. The molecule has 1 aliphatic rings. The highest BCUT2D eigenvalue weighted by molar-refractivity contribution is 5.00. The first kappa shape index (κ1) is 12.6. The number of nitrogens with zero attached hydrogens (tertiary/aromatic N) is 2. The van der Waals surface area contributed by atoms with Crippen molar-refractivity contribution in [1.29, 1.82) is 0 Å². The van der Waals surface area contributed by atoms with Gasteiger partial charge in [0.1, 0.15) is 5.82 Å². The Hall–Kier alpha value is -0.870. The van der Waals surface area contributed by atoms with Gasteiger partial charge in [-0.2, -0.15) is 0 Å². The monoisotopic (exact) mass is 237 g/mol. The van der Waals surface area contributed by atoms with Crippen LogP contribution in [0.3, 0.4) is 0 Å². The van der Waals surface area contributed by atoms with Crippen LogP contribution >= 0.6 is 0 Å². The largest absolute Gasteiger partial charge is 0.374 e. The van der Waals surface area contributed by atoms with Crippen LogP contribution in [0.15, 0.2) is 12.4 Å². The number of aromatic nitrogens is 2. The van der Waals surface area contributed by atoms with Gasteiger partial charge in [-0.05, 0) is 33.1 Å². The smallest absolute Gasteiger partial charge is 0.110 e. The van der Waals surface area contributed by atoms with Crippen molar-refractivity contribution in [3.8, 4) is 0 Å². The lowest BCUT2D eigenvalue weighted by molar-refractivity contribution is -0.0812. The number of hydrogen-bond acceptors (Lipinski definition) is 3. The van der Waals surface area contributed by atoms with Crippen molar-refractivity contribution in [3.63, 3.8) is 0 Å². The van der Waals surface area contributed by atoms with E-state index in [4.69, 9.17) is 10.5 Å². The number of aryl methyl sites for hydroxylation is 1. The summed E-state index contributed by atoms with van der Waals surface area (Å²) in [6.45, 7) is 6.04. The highest BCUT2D eigenvalue weighted by Crippen LogP contribution is 2.28. The molecule has 0 saturated carbocycles. The summed E-state index contributed by atoms with van der Waals surface area (Å²) in [7, 11) is 0. The maximum atomic E-state index is 6.32. The average Bonchev–Trinajstić information content (AvgIpc) is 2.77. The van der Waals surface area contributed by atoms with Gasteiger partial charge in [0, 0.05) is 38.0 Å². The summed E-state index contributed by atoms with van der Waals surface area (Å²) in [6.07, 6.45) is 8.07. The third kappa shape index (κ3) is 2.69. The van der Waals surface area contributed by atoms with Crippen molar-refractivity contribution in [2.24, 2.45) is 5.73 Å². The van der Waals surface area contributed by atoms with Crippen LogP contribution in [0.5, 0.6) is 0 Å². The maximum Gasteiger partial charge on any atom is 0.110 e. The predicted octanol–water partition coefficient (Wildman–Crippen LogP) is 1.73. The molecule has 17 heavy (non-hydrogen) atoms. The molecule has 2 atom stereocenters. The Morgan fingerprint density at radius 3 is 3.06 bits per heavy atom. The van der Waals surface area contributed by atoms with E-state index >= 15 is 0 Å². The molecule has 4 nitrogen and oxygen atoms in total. The van der Waals surface area contributed by atoms with Crippen LogP contribution in [0.2, 0.25) is 0 Å². The van der Waals surface area contributed by atoms with Crippen LogP contribution in [0, 0.1) is 0 Å². The molecule has 2 rings (SSSR count). The second-order valence-electron chi connectivity index (χ2n) is 5.06. The molecule has 1 aromatic heterocycles. The molecule has 2 heterocycles. The van der Waals surface area contributed by atoms with E-state index in [-0.39, 0.29) is 11.6 Å². The van der Waals surface area contributed by atoms with Crippen LogP contribution in [0.1, 0.15) is 38.9 Å². The topological polar surface area (TPSA) is 53.1 Å². The zero-order chi connectivity index (χ0) is 12.3. The number of hydrogen-bond donors (Lipinski definition) is 1. The molecule has 2 unspecified atom stereocenters. The average molecular weight is 237 g/mol. The van der Waals surface area contributed by atoms with E-state index in [1.54, 1.807) is 0 Å². The molecule has 1 aliphatic heterocycles. The lowest BCUT2D eigenvalue weighted by Crippen LogP contribution is -2.51. The van der Waals surface area contributed by atoms with Crippen LogP contribution in [0.4, 0.5) is 0 Å². The predicted molar refractivity (Wildman–Crippen MR) is 67.8 cm³/mol. The molecule has 1 saturated heterocycles. The second-order valence-corrected chi connectivity index (χ2v) is 5.06. The molecule has 2 N–H and O–H groups in total. The van der Waals surface area contributed by atoms with Crippen LogP contribution in [-0.4, -0.2) is 27.8 Å².